The molecule has 2 aliphatic rings. The van der Waals surface area contributed by atoms with Crippen molar-refractivity contribution in [3.63, 3.8) is 0 Å². The number of fused-ring (bicyclic) bond motifs is 2. The molecular formula is C27H24BrCl2N3O5. The zero-order valence-electron chi connectivity index (χ0n) is 20.5. The number of rotatable bonds is 7. The van der Waals surface area contributed by atoms with Crippen LogP contribution in [0.15, 0.2) is 59.1 Å². The molecule has 2 N–H and O–H groups in total. The van der Waals surface area contributed by atoms with Crippen molar-refractivity contribution in [1.29, 1.82) is 0 Å². The Kier molecular flexibility index (Phi) is 7.30. The minimum Gasteiger partial charge on any atom is -0.490 e. The quantitative estimate of drug-likeness (QED) is 0.237. The van der Waals surface area contributed by atoms with Gasteiger partial charge in [-0.05, 0) is 71.2 Å². The molecule has 0 bridgehead atoms. The second-order valence-electron chi connectivity index (χ2n) is 9.30. The third-order valence-corrected chi connectivity index (χ3v) is 8.38. The SMILES string of the molecule is CCOc1cc([C@@H]2[C@H](C)N[C@]3(C(=O)Nc4ccccc43)[C@H]2[N+](=O)[O-])cc(Br)c1OCc1ccc(Cl)c(Cl)c1. The van der Waals surface area contributed by atoms with Crippen LogP contribution in [-0.4, -0.2) is 29.5 Å². The van der Waals surface area contributed by atoms with E-state index in [2.05, 4.69) is 26.6 Å². The number of ether oxygens (including phenoxy) is 2. The fourth-order valence-corrected chi connectivity index (χ4v) is 6.42. The van der Waals surface area contributed by atoms with Gasteiger partial charge in [0.2, 0.25) is 0 Å². The number of carbonyl (C=O) groups is 1. The van der Waals surface area contributed by atoms with Gasteiger partial charge in [-0.15, -0.1) is 0 Å². The number of nitro groups is 1. The van der Waals surface area contributed by atoms with E-state index in [0.29, 0.717) is 49.4 Å². The molecule has 1 amide bonds. The zero-order valence-corrected chi connectivity index (χ0v) is 23.6. The molecule has 0 saturated carbocycles. The number of halogens is 3. The van der Waals surface area contributed by atoms with Gasteiger partial charge < -0.3 is 14.8 Å². The van der Waals surface area contributed by atoms with E-state index in [1.807, 2.05) is 19.9 Å². The second-order valence-corrected chi connectivity index (χ2v) is 11.0. The predicted octanol–water partition coefficient (Wildman–Crippen LogP) is 6.30. The topological polar surface area (TPSA) is 103 Å². The van der Waals surface area contributed by atoms with Gasteiger partial charge in [-0.3, -0.25) is 20.2 Å². The second kappa shape index (κ2) is 10.4. The summed E-state index contributed by atoms with van der Waals surface area (Å²) in [4.78, 5) is 25.6. The van der Waals surface area contributed by atoms with Crippen LogP contribution in [0.2, 0.25) is 10.0 Å². The number of amides is 1. The third-order valence-electron chi connectivity index (χ3n) is 7.05. The van der Waals surface area contributed by atoms with Gasteiger partial charge in [0, 0.05) is 22.2 Å². The normalized spacial score (nSPS) is 23.8. The molecule has 38 heavy (non-hydrogen) atoms. The molecule has 3 aromatic rings. The van der Waals surface area contributed by atoms with Crippen molar-refractivity contribution in [2.45, 2.75) is 44.0 Å². The van der Waals surface area contributed by atoms with E-state index >= 15 is 0 Å². The monoisotopic (exact) mass is 619 g/mol. The van der Waals surface area contributed by atoms with Crippen LogP contribution in [0.5, 0.6) is 11.5 Å². The molecule has 1 fully saturated rings. The van der Waals surface area contributed by atoms with Crippen molar-refractivity contribution in [1.82, 2.24) is 5.32 Å². The van der Waals surface area contributed by atoms with Gasteiger partial charge in [0.25, 0.3) is 11.9 Å². The molecule has 0 radical (unpaired) electrons. The lowest BCUT2D eigenvalue weighted by Crippen LogP contribution is -2.54. The summed E-state index contributed by atoms with van der Waals surface area (Å²) in [7, 11) is 0. The number of hydrogen-bond acceptors (Lipinski definition) is 6. The Balaban J connectivity index is 1.53. The highest BCUT2D eigenvalue weighted by atomic mass is 79.9. The van der Waals surface area contributed by atoms with Crippen LogP contribution in [0.1, 0.15) is 36.5 Å². The smallest absolute Gasteiger partial charge is 0.256 e. The summed E-state index contributed by atoms with van der Waals surface area (Å²) in [5.74, 6) is -0.179. The molecule has 3 aromatic carbocycles. The van der Waals surface area contributed by atoms with Crippen molar-refractivity contribution >= 4 is 50.7 Å². The van der Waals surface area contributed by atoms with Crippen molar-refractivity contribution < 1.29 is 19.2 Å². The standard InChI is InChI=1S/C27H24BrCl2N3O5/c1-3-37-22-12-16(11-18(28)24(22)38-13-15-8-9-19(29)20(30)10-15)23-14(2)32-27(25(23)33(35)36)17-6-4-5-7-21(17)31-26(27)34/h4-12,14,23,25,32H,3,13H2,1-2H3,(H,31,34)/t14-,23-,25-,27-/m0/s1. The van der Waals surface area contributed by atoms with Crippen LogP contribution in [0.4, 0.5) is 5.69 Å². The highest BCUT2D eigenvalue weighted by Crippen LogP contribution is 2.51. The number of benzene rings is 3. The highest BCUT2D eigenvalue weighted by Gasteiger charge is 2.67. The summed E-state index contributed by atoms with van der Waals surface area (Å²) in [6, 6.07) is 14.2. The first-order chi connectivity index (χ1) is 18.2. The van der Waals surface area contributed by atoms with E-state index in [4.69, 9.17) is 32.7 Å². The highest BCUT2D eigenvalue weighted by molar-refractivity contribution is 9.10. The molecule has 5 rings (SSSR count). The van der Waals surface area contributed by atoms with Crippen LogP contribution in [-0.2, 0) is 16.9 Å². The number of anilines is 1. The number of nitrogens with one attached hydrogen (secondary N) is 2. The number of nitrogens with zero attached hydrogens (tertiary/aromatic N) is 1. The molecule has 11 heteroatoms. The van der Waals surface area contributed by atoms with E-state index in [1.165, 1.54) is 0 Å². The molecule has 1 spiro atoms. The van der Waals surface area contributed by atoms with Crippen LogP contribution >= 0.6 is 39.1 Å². The van der Waals surface area contributed by atoms with E-state index in [9.17, 15) is 14.9 Å². The third kappa shape index (κ3) is 4.41. The molecule has 4 atom stereocenters. The summed E-state index contributed by atoms with van der Waals surface area (Å²) >= 11 is 15.7. The molecular weight excluding hydrogens is 597 g/mol. The Hall–Kier alpha value is -2.85. The van der Waals surface area contributed by atoms with Crippen molar-refractivity contribution in [3.8, 4) is 11.5 Å². The summed E-state index contributed by atoms with van der Waals surface area (Å²) in [5.41, 5.74) is 1.12. The molecule has 0 aromatic heterocycles. The van der Waals surface area contributed by atoms with E-state index in [-0.39, 0.29) is 11.5 Å². The van der Waals surface area contributed by atoms with E-state index in [1.54, 1.807) is 48.5 Å². The summed E-state index contributed by atoms with van der Waals surface area (Å²) in [5, 5.41) is 19.6. The van der Waals surface area contributed by atoms with Crippen LogP contribution in [0, 0.1) is 10.1 Å². The number of hydrogen-bond donors (Lipinski definition) is 2. The Bertz CT molecular complexity index is 1440. The van der Waals surface area contributed by atoms with Crippen LogP contribution < -0.4 is 20.1 Å². The lowest BCUT2D eigenvalue weighted by Gasteiger charge is -2.26. The maximum Gasteiger partial charge on any atom is 0.256 e. The average Bonchev–Trinajstić information content (AvgIpc) is 3.34. The van der Waals surface area contributed by atoms with Gasteiger partial charge in [-0.1, -0.05) is 47.5 Å². The molecule has 1 saturated heterocycles. The Labute approximate surface area is 237 Å². The fourth-order valence-electron chi connectivity index (χ4n) is 5.52. The van der Waals surface area contributed by atoms with Gasteiger partial charge in [0.1, 0.15) is 6.61 Å². The number of para-hydroxylation sites is 1. The van der Waals surface area contributed by atoms with Gasteiger partial charge in [0.15, 0.2) is 17.0 Å². The molecule has 0 aliphatic carbocycles. The maximum absolute atomic E-state index is 13.3. The fraction of sp³-hybridized carbons (Fsp3) is 0.296. The van der Waals surface area contributed by atoms with Crippen molar-refractivity contribution in [2.75, 3.05) is 11.9 Å². The summed E-state index contributed by atoms with van der Waals surface area (Å²) in [6.45, 7) is 4.26. The van der Waals surface area contributed by atoms with Gasteiger partial charge in [-0.25, -0.2) is 0 Å². The molecule has 0 unspecified atom stereocenters. The van der Waals surface area contributed by atoms with Gasteiger partial charge >= 0.3 is 0 Å². The first-order valence-electron chi connectivity index (χ1n) is 12.0. The lowest BCUT2D eigenvalue weighted by molar-refractivity contribution is -0.532. The minimum atomic E-state index is -1.49. The maximum atomic E-state index is 13.3. The van der Waals surface area contributed by atoms with Crippen LogP contribution in [0.25, 0.3) is 0 Å². The average molecular weight is 621 g/mol. The summed E-state index contributed by atoms with van der Waals surface area (Å²) in [6.07, 6.45) is 0. The predicted molar refractivity (Wildman–Crippen MR) is 149 cm³/mol. The Morgan fingerprint density at radius 1 is 1.11 bits per heavy atom. The first-order valence-corrected chi connectivity index (χ1v) is 13.6. The summed E-state index contributed by atoms with van der Waals surface area (Å²) < 4.78 is 12.6. The molecule has 2 heterocycles. The van der Waals surface area contributed by atoms with Crippen molar-refractivity contribution in [3.05, 3.63) is 95.9 Å². The van der Waals surface area contributed by atoms with Crippen molar-refractivity contribution in [2.24, 2.45) is 0 Å². The van der Waals surface area contributed by atoms with Crippen LogP contribution in [0.3, 0.4) is 0 Å². The lowest BCUT2D eigenvalue weighted by atomic mass is 9.78. The molecule has 8 nitrogen and oxygen atoms in total. The first kappa shape index (κ1) is 26.7. The van der Waals surface area contributed by atoms with Gasteiger partial charge in [0.05, 0.1) is 27.0 Å². The molecule has 2 aliphatic heterocycles. The largest absolute Gasteiger partial charge is 0.490 e. The van der Waals surface area contributed by atoms with E-state index in [0.717, 1.165) is 5.56 Å². The minimum absolute atomic E-state index is 0.202. The Morgan fingerprint density at radius 2 is 1.87 bits per heavy atom. The number of carbonyl (C=O) groups excluding carboxylic acids is 1. The van der Waals surface area contributed by atoms with Gasteiger partial charge in [-0.2, -0.15) is 0 Å². The molecule has 198 valence electrons. The van der Waals surface area contributed by atoms with E-state index < -0.39 is 29.4 Å². The Morgan fingerprint density at radius 3 is 2.58 bits per heavy atom. The zero-order chi connectivity index (χ0) is 27.2.